The van der Waals surface area contributed by atoms with E-state index in [-0.39, 0.29) is 6.09 Å². The number of hydrogen-bond acceptors (Lipinski definition) is 6. The molecular formula is C28H42N4O5S. The fourth-order valence-corrected chi connectivity index (χ4v) is 6.46. The second-order valence-corrected chi connectivity index (χ2v) is 13.6. The molecule has 1 heterocycles. The van der Waals surface area contributed by atoms with E-state index in [4.69, 9.17) is 4.74 Å². The summed E-state index contributed by atoms with van der Waals surface area (Å²) in [6.07, 6.45) is 8.79. The fraction of sp³-hybridized carbons (Fsp3) is 0.643. The summed E-state index contributed by atoms with van der Waals surface area (Å²) >= 11 is 0. The van der Waals surface area contributed by atoms with E-state index in [1.165, 1.54) is 11.1 Å². The Balaban J connectivity index is 1.30. The first-order valence-electron chi connectivity index (χ1n) is 13.6. The molecule has 1 aromatic carbocycles. The highest BCUT2D eigenvalue weighted by atomic mass is 32.2. The van der Waals surface area contributed by atoms with Gasteiger partial charge in [-0.1, -0.05) is 12.1 Å². The first-order chi connectivity index (χ1) is 17.8. The number of carbonyl (C=O) groups is 2. The summed E-state index contributed by atoms with van der Waals surface area (Å²) in [7, 11) is -2.25. The maximum atomic E-state index is 12.8. The van der Waals surface area contributed by atoms with Gasteiger partial charge in [-0.15, -0.1) is 0 Å². The van der Waals surface area contributed by atoms with Crippen molar-refractivity contribution in [2.24, 2.45) is 0 Å². The van der Waals surface area contributed by atoms with Crippen LogP contribution in [0.2, 0.25) is 0 Å². The number of aryl methyl sites for hydroxylation is 2. The van der Waals surface area contributed by atoms with Crippen molar-refractivity contribution in [1.29, 1.82) is 0 Å². The average Bonchev–Trinajstić information content (AvgIpc) is 3.47. The zero-order valence-electron chi connectivity index (χ0n) is 23.4. The van der Waals surface area contributed by atoms with Gasteiger partial charge in [0.25, 0.3) is 10.0 Å². The van der Waals surface area contributed by atoms with Gasteiger partial charge in [0, 0.05) is 43.3 Å². The van der Waals surface area contributed by atoms with Gasteiger partial charge in [-0.3, -0.25) is 4.90 Å². The Labute approximate surface area is 227 Å². The number of nitrogens with zero attached hydrogens (tertiary/aromatic N) is 2. The van der Waals surface area contributed by atoms with Crippen LogP contribution in [0.1, 0.15) is 75.6 Å². The summed E-state index contributed by atoms with van der Waals surface area (Å²) in [5.41, 5.74) is 4.73. The molecule has 0 spiro atoms. The molecule has 3 aliphatic rings. The number of benzene rings is 1. The maximum Gasteiger partial charge on any atom is 0.410 e. The third-order valence-electron chi connectivity index (χ3n) is 7.79. The van der Waals surface area contributed by atoms with Gasteiger partial charge >= 0.3 is 12.1 Å². The summed E-state index contributed by atoms with van der Waals surface area (Å²) in [5.74, 6) is 0. The lowest BCUT2D eigenvalue weighted by atomic mass is 9.86. The van der Waals surface area contributed by atoms with Crippen molar-refractivity contribution >= 4 is 27.8 Å². The van der Waals surface area contributed by atoms with Crippen molar-refractivity contribution < 1.29 is 22.7 Å². The Bertz CT molecular complexity index is 1190. The molecule has 1 fully saturated rings. The van der Waals surface area contributed by atoms with E-state index < -0.39 is 27.2 Å². The van der Waals surface area contributed by atoms with Gasteiger partial charge in [0.05, 0.1) is 0 Å². The normalized spacial score (nSPS) is 21.1. The molecule has 1 atom stereocenters. The average molecular weight is 547 g/mol. The van der Waals surface area contributed by atoms with E-state index in [0.29, 0.717) is 13.1 Å². The van der Waals surface area contributed by atoms with Gasteiger partial charge in [0.2, 0.25) is 0 Å². The van der Waals surface area contributed by atoms with Gasteiger partial charge in [0.15, 0.2) is 0 Å². The smallest absolute Gasteiger partial charge is 0.410 e. The largest absolute Gasteiger partial charge is 0.444 e. The van der Waals surface area contributed by atoms with E-state index in [9.17, 15) is 18.0 Å². The molecule has 0 aromatic heterocycles. The highest BCUT2D eigenvalue weighted by molar-refractivity contribution is 7.92. The van der Waals surface area contributed by atoms with Crippen LogP contribution in [0.25, 0.3) is 0 Å². The summed E-state index contributed by atoms with van der Waals surface area (Å²) in [6.45, 7) is 9.59. The number of carbonyl (C=O) groups excluding carboxylic acids is 2. The number of rotatable bonds is 8. The number of sulfonamides is 1. The van der Waals surface area contributed by atoms with Crippen molar-refractivity contribution in [2.45, 2.75) is 90.2 Å². The minimum Gasteiger partial charge on any atom is -0.444 e. The van der Waals surface area contributed by atoms with Crippen LogP contribution in [0.4, 0.5) is 15.3 Å². The summed E-state index contributed by atoms with van der Waals surface area (Å²) in [5, 5.41) is 3.98. The summed E-state index contributed by atoms with van der Waals surface area (Å²) in [6, 6.07) is 1.55. The molecule has 0 radical (unpaired) electrons. The molecular weight excluding hydrogens is 504 g/mol. The van der Waals surface area contributed by atoms with Crippen LogP contribution in [-0.2, 0) is 40.4 Å². The number of likely N-dealkylation sites (tertiary alicyclic amines) is 1. The minimum absolute atomic E-state index is 0.357. The van der Waals surface area contributed by atoms with E-state index in [0.717, 1.165) is 80.1 Å². The van der Waals surface area contributed by atoms with Crippen LogP contribution in [0.15, 0.2) is 17.6 Å². The first-order valence-corrected chi connectivity index (χ1v) is 15.2. The second kappa shape index (κ2) is 10.9. The van der Waals surface area contributed by atoms with Gasteiger partial charge < -0.3 is 15.0 Å². The number of ether oxygens (including phenoxy) is 1. The van der Waals surface area contributed by atoms with Crippen LogP contribution < -0.4 is 10.0 Å². The van der Waals surface area contributed by atoms with Crippen LogP contribution in [0, 0.1) is 0 Å². The van der Waals surface area contributed by atoms with E-state index in [1.54, 1.807) is 18.0 Å². The van der Waals surface area contributed by atoms with Crippen molar-refractivity contribution in [1.82, 2.24) is 14.5 Å². The number of nitrogens with one attached hydrogen (secondary N) is 2. The highest BCUT2D eigenvalue weighted by Gasteiger charge is 2.38. The lowest BCUT2D eigenvalue weighted by molar-refractivity contribution is 0.0225. The zero-order valence-corrected chi connectivity index (χ0v) is 24.2. The molecule has 0 saturated carbocycles. The van der Waals surface area contributed by atoms with E-state index in [1.807, 2.05) is 27.7 Å². The number of amides is 3. The van der Waals surface area contributed by atoms with Crippen molar-refractivity contribution in [3.05, 3.63) is 39.8 Å². The molecule has 3 amide bonds. The Kier molecular flexibility index (Phi) is 8.14. The Hall–Kier alpha value is -2.59. The molecule has 9 nitrogen and oxygen atoms in total. The molecule has 10 heteroatoms. The van der Waals surface area contributed by atoms with Crippen molar-refractivity contribution in [2.75, 3.05) is 32.0 Å². The molecule has 1 saturated heterocycles. The minimum atomic E-state index is -3.96. The lowest BCUT2D eigenvalue weighted by Crippen LogP contribution is -2.57. The molecule has 4 rings (SSSR count). The van der Waals surface area contributed by atoms with Crippen LogP contribution >= 0.6 is 0 Å². The third-order valence-corrected chi connectivity index (χ3v) is 8.75. The number of urea groups is 1. The van der Waals surface area contributed by atoms with Crippen molar-refractivity contribution in [3.8, 4) is 0 Å². The molecule has 210 valence electrons. The predicted molar refractivity (Wildman–Crippen MR) is 149 cm³/mol. The molecule has 38 heavy (non-hydrogen) atoms. The van der Waals surface area contributed by atoms with Crippen LogP contribution in [-0.4, -0.2) is 68.2 Å². The standard InChI is InChI=1S/C28H42N4O5S/c1-27(2,3)37-26(34)31(5)15-8-16-32-17-13-28(32,4)14-18-38(35,36)30-25(33)29-24-22-11-6-9-20(22)19-21-10-7-12-23(21)24/h14,18-19H,6-13,15-17H2,1-5H3,(H2,29,30,33)/b18-14+. The first kappa shape index (κ1) is 28.4. The molecule has 1 aromatic rings. The van der Waals surface area contributed by atoms with Gasteiger partial charge in [0.1, 0.15) is 5.60 Å². The second-order valence-electron chi connectivity index (χ2n) is 12.0. The van der Waals surface area contributed by atoms with Gasteiger partial charge in [-0.2, -0.15) is 0 Å². The topological polar surface area (TPSA) is 108 Å². The summed E-state index contributed by atoms with van der Waals surface area (Å²) < 4.78 is 33.1. The quantitative estimate of drug-likeness (QED) is 0.502. The van der Waals surface area contributed by atoms with Crippen LogP contribution in [0.3, 0.4) is 0 Å². The van der Waals surface area contributed by atoms with E-state index >= 15 is 0 Å². The van der Waals surface area contributed by atoms with Gasteiger partial charge in [-0.05, 0) is 101 Å². The van der Waals surface area contributed by atoms with E-state index in [2.05, 4.69) is 21.0 Å². The molecule has 2 N–H and O–H groups in total. The maximum absolute atomic E-state index is 12.8. The highest BCUT2D eigenvalue weighted by Crippen LogP contribution is 2.38. The lowest BCUT2D eigenvalue weighted by Gasteiger charge is -2.49. The molecule has 0 bridgehead atoms. The monoisotopic (exact) mass is 546 g/mol. The zero-order chi connectivity index (χ0) is 27.7. The summed E-state index contributed by atoms with van der Waals surface area (Å²) in [4.78, 5) is 28.6. The number of hydrogen-bond donors (Lipinski definition) is 2. The Morgan fingerprint density at radius 1 is 1.13 bits per heavy atom. The third kappa shape index (κ3) is 6.69. The van der Waals surface area contributed by atoms with Gasteiger partial charge in [-0.25, -0.2) is 22.7 Å². The molecule has 2 aliphatic carbocycles. The fourth-order valence-electron chi connectivity index (χ4n) is 5.61. The Morgan fingerprint density at radius 3 is 2.32 bits per heavy atom. The number of fused-ring (bicyclic) bond motifs is 2. The SMILES string of the molecule is CN(CCCN1CCC1(C)/C=C/S(=O)(=O)NC(=O)Nc1c2c(cc3c1CCC3)CCC2)C(=O)OC(C)(C)C. The van der Waals surface area contributed by atoms with Crippen LogP contribution in [0.5, 0.6) is 0 Å². The predicted octanol–water partition coefficient (Wildman–Crippen LogP) is 4.35. The number of anilines is 1. The Morgan fingerprint density at radius 2 is 1.76 bits per heavy atom. The van der Waals surface area contributed by atoms with Crippen molar-refractivity contribution in [3.63, 3.8) is 0 Å². The molecule has 1 unspecified atom stereocenters. The molecule has 1 aliphatic heterocycles.